The van der Waals surface area contributed by atoms with Crippen LogP contribution in [-0.4, -0.2) is 92.6 Å². The van der Waals surface area contributed by atoms with E-state index in [4.69, 9.17) is 9.97 Å². The number of benzene rings is 4. The van der Waals surface area contributed by atoms with Crippen LogP contribution < -0.4 is 0 Å². The van der Waals surface area contributed by atoms with Crippen LogP contribution in [0.5, 0.6) is 0 Å². The van der Waals surface area contributed by atoms with Crippen LogP contribution in [0.3, 0.4) is 0 Å². The smallest absolute Gasteiger partial charge is 0.245 e. The SMILES string of the molecule is CN(C)[C@@H](C(=O)N1CCC[C@H]1c1ncc(-c2ccc(CCc3ccc(-c4cnc([C@@H]5CCCN5C(=O)[C@@H](c5ccccc5)N(C)C)[nH]4)cc3)cc2)[nH]1)c1ccccc1. The van der Waals surface area contributed by atoms with Gasteiger partial charge in [-0.15, -0.1) is 0 Å². The van der Waals surface area contributed by atoms with E-state index < -0.39 is 0 Å². The fraction of sp³-hybridized carbons (Fsp3) is 0.333. The van der Waals surface area contributed by atoms with Gasteiger partial charge in [-0.1, -0.05) is 109 Å². The summed E-state index contributed by atoms with van der Waals surface area (Å²) in [7, 11) is 7.86. The molecule has 10 heteroatoms. The summed E-state index contributed by atoms with van der Waals surface area (Å²) in [6.45, 7) is 1.46. The molecule has 0 saturated carbocycles. The van der Waals surface area contributed by atoms with E-state index in [1.807, 2.05) is 121 Å². The number of rotatable bonds is 13. The predicted octanol–water partition coefficient (Wildman–Crippen LogP) is 8.18. The third-order valence-electron chi connectivity index (χ3n) is 11.9. The average Bonchev–Trinajstić information content (AvgIpc) is 4.08. The van der Waals surface area contributed by atoms with Gasteiger partial charge in [-0.2, -0.15) is 0 Å². The van der Waals surface area contributed by atoms with E-state index in [1.54, 1.807) is 0 Å². The number of likely N-dealkylation sites (tertiary alicyclic amines) is 2. The van der Waals surface area contributed by atoms with Gasteiger partial charge in [-0.3, -0.25) is 19.4 Å². The zero-order valence-corrected chi connectivity index (χ0v) is 34.0. The molecule has 2 aromatic heterocycles. The first-order valence-electron chi connectivity index (χ1n) is 20.6. The Morgan fingerprint density at radius 3 is 1.33 bits per heavy atom. The maximum atomic E-state index is 13.9. The summed E-state index contributed by atoms with van der Waals surface area (Å²) >= 11 is 0. The molecule has 2 amide bonds. The Balaban J connectivity index is 0.869. The second kappa shape index (κ2) is 17.3. The van der Waals surface area contributed by atoms with Crippen molar-refractivity contribution in [2.24, 2.45) is 0 Å². The Hall–Kier alpha value is -5.84. The molecule has 0 aliphatic carbocycles. The summed E-state index contributed by atoms with van der Waals surface area (Å²) in [5.74, 6) is 1.92. The topological polar surface area (TPSA) is 104 Å². The number of likely N-dealkylation sites (N-methyl/N-ethyl adjacent to an activating group) is 2. The number of aromatic nitrogens is 4. The fourth-order valence-electron chi connectivity index (χ4n) is 8.83. The Labute approximate surface area is 341 Å². The van der Waals surface area contributed by atoms with Gasteiger partial charge in [0.1, 0.15) is 23.7 Å². The number of nitrogens with zero attached hydrogens (tertiary/aromatic N) is 6. The first-order valence-corrected chi connectivity index (χ1v) is 20.6. The van der Waals surface area contributed by atoms with Crippen molar-refractivity contribution in [2.75, 3.05) is 41.3 Å². The number of carbonyl (C=O) groups excluding carboxylic acids is 2. The highest BCUT2D eigenvalue weighted by Gasteiger charge is 2.38. The Morgan fingerprint density at radius 2 is 0.966 bits per heavy atom. The van der Waals surface area contributed by atoms with Crippen molar-refractivity contribution in [1.82, 2.24) is 39.5 Å². The summed E-state index contributed by atoms with van der Waals surface area (Å²) in [6.07, 6.45) is 9.35. The summed E-state index contributed by atoms with van der Waals surface area (Å²) in [4.78, 5) is 52.5. The lowest BCUT2D eigenvalue weighted by molar-refractivity contribution is -0.138. The quantitative estimate of drug-likeness (QED) is 0.123. The van der Waals surface area contributed by atoms with Crippen molar-refractivity contribution < 1.29 is 9.59 Å². The van der Waals surface area contributed by atoms with Crippen molar-refractivity contribution in [1.29, 1.82) is 0 Å². The molecule has 2 N–H and O–H groups in total. The summed E-state index contributed by atoms with van der Waals surface area (Å²) in [5, 5.41) is 0. The molecular weight excluding hydrogens is 721 g/mol. The molecule has 10 nitrogen and oxygen atoms in total. The number of amides is 2. The number of aryl methyl sites for hydroxylation is 2. The molecule has 0 spiro atoms. The van der Waals surface area contributed by atoms with Crippen molar-refractivity contribution in [3.63, 3.8) is 0 Å². The number of nitrogens with one attached hydrogen (secondary N) is 2. The molecule has 4 aromatic carbocycles. The van der Waals surface area contributed by atoms with E-state index in [-0.39, 0.29) is 36.0 Å². The molecule has 2 aliphatic heterocycles. The molecule has 6 aromatic rings. The van der Waals surface area contributed by atoms with Crippen LogP contribution in [0.2, 0.25) is 0 Å². The van der Waals surface area contributed by atoms with Crippen LogP contribution in [0, 0.1) is 0 Å². The first-order chi connectivity index (χ1) is 28.2. The molecule has 0 bridgehead atoms. The molecule has 298 valence electrons. The van der Waals surface area contributed by atoms with Crippen molar-refractivity contribution >= 4 is 11.8 Å². The standard InChI is InChI=1S/C48H54N8O2/c1-53(2)43(37-13-7-5-8-14-37)47(57)55-29-11-17-41(55)45-49-31-39(51-45)35-25-21-33(22-26-35)19-20-34-23-27-36(28-24-34)40-32-50-46(52-40)42-18-12-30-56(42)48(58)44(54(3)4)38-15-9-6-10-16-38/h5-10,13-16,21-28,31-32,41-44H,11-12,17-20,29-30H2,1-4H3,(H,49,51)(H,50,52)/t41-,42-,43+,44+/m0/s1. The molecule has 8 rings (SSSR count). The van der Waals surface area contributed by atoms with Gasteiger partial charge in [0.05, 0.1) is 35.9 Å². The molecule has 2 saturated heterocycles. The maximum Gasteiger partial charge on any atom is 0.245 e. The normalized spacial score (nSPS) is 18.0. The lowest BCUT2D eigenvalue weighted by atomic mass is 10.0. The number of H-pyrrole nitrogens is 2. The third-order valence-corrected chi connectivity index (χ3v) is 11.9. The highest BCUT2D eigenvalue weighted by atomic mass is 16.2. The number of hydrogen-bond acceptors (Lipinski definition) is 6. The van der Waals surface area contributed by atoms with Crippen LogP contribution >= 0.6 is 0 Å². The molecule has 2 aliphatic rings. The van der Waals surface area contributed by atoms with Gasteiger partial charge < -0.3 is 19.8 Å². The Kier molecular flexibility index (Phi) is 11.7. The van der Waals surface area contributed by atoms with Gasteiger partial charge in [0.25, 0.3) is 0 Å². The largest absolute Gasteiger partial charge is 0.340 e. The minimum Gasteiger partial charge on any atom is -0.340 e. The predicted molar refractivity (Wildman–Crippen MR) is 229 cm³/mol. The zero-order valence-electron chi connectivity index (χ0n) is 34.0. The van der Waals surface area contributed by atoms with E-state index in [0.717, 1.165) is 96.9 Å². The second-order valence-corrected chi connectivity index (χ2v) is 16.2. The molecule has 58 heavy (non-hydrogen) atoms. The summed E-state index contributed by atoms with van der Waals surface area (Å²) in [6, 6.07) is 36.6. The van der Waals surface area contributed by atoms with Gasteiger partial charge in [-0.05, 0) is 100 Å². The van der Waals surface area contributed by atoms with Crippen LogP contribution in [0.15, 0.2) is 122 Å². The van der Waals surface area contributed by atoms with Gasteiger partial charge in [0.15, 0.2) is 0 Å². The monoisotopic (exact) mass is 774 g/mol. The van der Waals surface area contributed by atoms with Crippen LogP contribution in [0.1, 0.15) is 83.8 Å². The summed E-state index contributed by atoms with van der Waals surface area (Å²) < 4.78 is 0. The molecule has 0 unspecified atom stereocenters. The fourth-order valence-corrected chi connectivity index (χ4v) is 8.83. The first kappa shape index (κ1) is 39.0. The van der Waals surface area contributed by atoms with Gasteiger partial charge >= 0.3 is 0 Å². The molecule has 0 radical (unpaired) electrons. The second-order valence-electron chi connectivity index (χ2n) is 16.2. The van der Waals surface area contributed by atoms with Gasteiger partial charge in [-0.25, -0.2) is 9.97 Å². The maximum absolute atomic E-state index is 13.9. The number of aromatic amines is 2. The van der Waals surface area contributed by atoms with Crippen molar-refractivity contribution in [2.45, 2.75) is 62.7 Å². The number of imidazole rings is 2. The molecule has 4 atom stereocenters. The van der Waals surface area contributed by atoms with Crippen molar-refractivity contribution in [3.8, 4) is 22.5 Å². The van der Waals surface area contributed by atoms with Gasteiger partial charge in [0, 0.05) is 13.1 Å². The van der Waals surface area contributed by atoms with Crippen molar-refractivity contribution in [3.05, 3.63) is 155 Å². The third kappa shape index (κ3) is 8.26. The van der Waals surface area contributed by atoms with Crippen LogP contribution in [0.25, 0.3) is 22.5 Å². The van der Waals surface area contributed by atoms with Gasteiger partial charge in [0.2, 0.25) is 11.8 Å². The van der Waals surface area contributed by atoms with Crippen LogP contribution in [0.4, 0.5) is 0 Å². The average molecular weight is 775 g/mol. The summed E-state index contributed by atoms with van der Waals surface area (Å²) in [5.41, 5.74) is 8.63. The highest BCUT2D eigenvalue weighted by molar-refractivity contribution is 5.84. The van der Waals surface area contributed by atoms with Crippen LogP contribution in [-0.2, 0) is 22.4 Å². The van der Waals surface area contributed by atoms with E-state index in [9.17, 15) is 9.59 Å². The lowest BCUT2D eigenvalue weighted by Gasteiger charge is -2.31. The Morgan fingerprint density at radius 1 is 0.586 bits per heavy atom. The minimum atomic E-state index is -0.332. The minimum absolute atomic E-state index is 0.0666. The zero-order chi connectivity index (χ0) is 40.2. The molecular formula is C48H54N8O2. The highest BCUT2D eigenvalue weighted by Crippen LogP contribution is 2.37. The van der Waals surface area contributed by atoms with E-state index in [1.165, 1.54) is 11.1 Å². The molecule has 4 heterocycles. The molecule has 2 fully saturated rings. The van der Waals surface area contributed by atoms with E-state index in [0.29, 0.717) is 0 Å². The van der Waals surface area contributed by atoms with E-state index >= 15 is 0 Å². The lowest BCUT2D eigenvalue weighted by Crippen LogP contribution is -2.40. The Bertz CT molecular complexity index is 2120. The number of carbonyl (C=O) groups is 2. The number of hydrogen-bond donors (Lipinski definition) is 2. The van der Waals surface area contributed by atoms with E-state index in [2.05, 4.69) is 58.5 Å².